The highest BCUT2D eigenvalue weighted by Gasteiger charge is 2.05. The summed E-state index contributed by atoms with van der Waals surface area (Å²) in [4.78, 5) is 12.1. The summed E-state index contributed by atoms with van der Waals surface area (Å²) in [6, 6.07) is 15.0. The fourth-order valence-corrected chi connectivity index (χ4v) is 2.18. The molecule has 128 valence electrons. The lowest BCUT2D eigenvalue weighted by Crippen LogP contribution is -2.28. The van der Waals surface area contributed by atoms with E-state index < -0.39 is 0 Å². The molecule has 0 unspecified atom stereocenters. The molecule has 0 aromatic heterocycles. The van der Waals surface area contributed by atoms with Crippen molar-refractivity contribution in [1.29, 1.82) is 0 Å². The summed E-state index contributed by atoms with van der Waals surface area (Å²) in [5, 5.41) is 2.86. The van der Waals surface area contributed by atoms with Crippen LogP contribution in [0.2, 0.25) is 0 Å². The number of carbonyl (C=O) groups is 1. The summed E-state index contributed by atoms with van der Waals surface area (Å²) in [6.07, 6.45) is 2.13. The van der Waals surface area contributed by atoms with Crippen molar-refractivity contribution in [3.05, 3.63) is 59.7 Å². The molecule has 0 heterocycles. The maximum absolute atomic E-state index is 12.1. The van der Waals surface area contributed by atoms with Gasteiger partial charge in [0.25, 0.3) is 5.91 Å². The molecule has 0 aliphatic rings. The first-order valence-electron chi connectivity index (χ1n) is 8.40. The van der Waals surface area contributed by atoms with Gasteiger partial charge in [0.2, 0.25) is 0 Å². The predicted octanol–water partition coefficient (Wildman–Crippen LogP) is 3.98. The van der Waals surface area contributed by atoms with E-state index in [0.717, 1.165) is 29.9 Å². The normalized spacial score (nSPS) is 10.2. The van der Waals surface area contributed by atoms with Crippen molar-refractivity contribution in [2.45, 2.75) is 26.7 Å². The molecular weight excluding hydrogens is 302 g/mol. The van der Waals surface area contributed by atoms with Crippen molar-refractivity contribution in [2.75, 3.05) is 19.8 Å². The van der Waals surface area contributed by atoms with Crippen LogP contribution in [0.25, 0.3) is 0 Å². The summed E-state index contributed by atoms with van der Waals surface area (Å²) in [5.41, 5.74) is 1.70. The highest BCUT2D eigenvalue weighted by molar-refractivity contribution is 5.94. The monoisotopic (exact) mass is 327 g/mol. The van der Waals surface area contributed by atoms with Gasteiger partial charge in [-0.2, -0.15) is 0 Å². The third kappa shape index (κ3) is 5.61. The summed E-state index contributed by atoms with van der Waals surface area (Å²) in [7, 11) is 0. The molecule has 1 N–H and O–H groups in total. The van der Waals surface area contributed by atoms with Crippen molar-refractivity contribution in [1.82, 2.24) is 5.32 Å². The first kappa shape index (κ1) is 17.9. The van der Waals surface area contributed by atoms with Crippen molar-refractivity contribution in [3.63, 3.8) is 0 Å². The van der Waals surface area contributed by atoms with E-state index in [1.807, 2.05) is 43.3 Å². The summed E-state index contributed by atoms with van der Waals surface area (Å²) < 4.78 is 11.3. The predicted molar refractivity (Wildman–Crippen MR) is 95.9 cm³/mol. The molecule has 0 radical (unpaired) electrons. The van der Waals surface area contributed by atoms with Crippen LogP contribution in [-0.4, -0.2) is 25.7 Å². The van der Waals surface area contributed by atoms with Gasteiger partial charge < -0.3 is 14.8 Å². The molecule has 2 aromatic carbocycles. The Morgan fingerprint density at radius 2 is 1.75 bits per heavy atom. The maximum Gasteiger partial charge on any atom is 0.251 e. The Morgan fingerprint density at radius 1 is 1.00 bits per heavy atom. The molecule has 2 rings (SSSR count). The minimum atomic E-state index is -0.108. The molecule has 1 amide bonds. The molecule has 4 nitrogen and oxygen atoms in total. The number of unbranched alkanes of at least 4 members (excludes halogenated alkanes) is 1. The van der Waals surface area contributed by atoms with Crippen LogP contribution < -0.4 is 14.8 Å². The number of amides is 1. The van der Waals surface area contributed by atoms with E-state index in [2.05, 4.69) is 12.2 Å². The Kier molecular flexibility index (Phi) is 7.15. The summed E-state index contributed by atoms with van der Waals surface area (Å²) in [5.74, 6) is 1.53. The van der Waals surface area contributed by atoms with Crippen molar-refractivity contribution in [3.8, 4) is 11.5 Å². The number of ether oxygens (including phenoxy) is 2. The zero-order valence-electron chi connectivity index (χ0n) is 14.4. The lowest BCUT2D eigenvalue weighted by atomic mass is 10.2. The fourth-order valence-electron chi connectivity index (χ4n) is 2.18. The van der Waals surface area contributed by atoms with Gasteiger partial charge in [0.05, 0.1) is 13.2 Å². The molecule has 0 fully saturated rings. The van der Waals surface area contributed by atoms with E-state index in [9.17, 15) is 4.79 Å². The fraction of sp³-hybridized carbons (Fsp3) is 0.350. The van der Waals surface area contributed by atoms with Gasteiger partial charge in [-0.05, 0) is 49.2 Å². The average Bonchev–Trinajstić information content (AvgIpc) is 2.61. The lowest BCUT2D eigenvalue weighted by Gasteiger charge is -2.10. The zero-order valence-corrected chi connectivity index (χ0v) is 14.4. The number of nitrogens with one attached hydrogen (secondary N) is 1. The largest absolute Gasteiger partial charge is 0.494 e. The Hall–Kier alpha value is -2.49. The number of carbonyl (C=O) groups excluding carboxylic acids is 1. The van der Waals surface area contributed by atoms with Crippen LogP contribution >= 0.6 is 0 Å². The topological polar surface area (TPSA) is 47.6 Å². The Bertz CT molecular complexity index is 638. The Labute approximate surface area is 143 Å². The van der Waals surface area contributed by atoms with Crippen LogP contribution in [0.4, 0.5) is 0 Å². The van der Waals surface area contributed by atoms with Gasteiger partial charge in [0.15, 0.2) is 0 Å². The van der Waals surface area contributed by atoms with Crippen LogP contribution in [0.15, 0.2) is 48.5 Å². The van der Waals surface area contributed by atoms with Gasteiger partial charge in [0.1, 0.15) is 18.1 Å². The molecule has 2 aromatic rings. The first-order chi connectivity index (χ1) is 11.7. The first-order valence-corrected chi connectivity index (χ1v) is 8.40. The van der Waals surface area contributed by atoms with Crippen molar-refractivity contribution >= 4 is 5.91 Å². The maximum atomic E-state index is 12.1. The molecule has 0 saturated carbocycles. The number of rotatable bonds is 9. The summed E-state index contributed by atoms with van der Waals surface area (Å²) in [6.45, 7) is 5.73. The van der Waals surface area contributed by atoms with E-state index in [-0.39, 0.29) is 5.91 Å². The van der Waals surface area contributed by atoms with Crippen LogP contribution in [0.1, 0.15) is 35.7 Å². The highest BCUT2D eigenvalue weighted by atomic mass is 16.5. The Balaban J connectivity index is 1.73. The molecule has 0 atom stereocenters. The number of para-hydroxylation sites is 1. The van der Waals surface area contributed by atoms with Gasteiger partial charge in [-0.25, -0.2) is 0 Å². The van der Waals surface area contributed by atoms with E-state index >= 15 is 0 Å². The second-order valence-electron chi connectivity index (χ2n) is 5.60. The van der Waals surface area contributed by atoms with Crippen LogP contribution in [0.3, 0.4) is 0 Å². The third-order valence-electron chi connectivity index (χ3n) is 3.62. The summed E-state index contributed by atoms with van der Waals surface area (Å²) >= 11 is 0. The quantitative estimate of drug-likeness (QED) is 0.709. The van der Waals surface area contributed by atoms with Gasteiger partial charge in [-0.1, -0.05) is 31.5 Å². The van der Waals surface area contributed by atoms with Crippen LogP contribution in [-0.2, 0) is 0 Å². The van der Waals surface area contributed by atoms with Crippen LogP contribution in [0.5, 0.6) is 11.5 Å². The molecular formula is C20H25NO3. The third-order valence-corrected chi connectivity index (χ3v) is 3.62. The van der Waals surface area contributed by atoms with E-state index in [1.54, 1.807) is 12.1 Å². The molecule has 0 spiro atoms. The van der Waals surface area contributed by atoms with Gasteiger partial charge in [-0.3, -0.25) is 4.79 Å². The lowest BCUT2D eigenvalue weighted by molar-refractivity contribution is 0.0947. The molecule has 0 bridgehead atoms. The number of hydrogen-bond donors (Lipinski definition) is 1. The number of hydrogen-bond acceptors (Lipinski definition) is 3. The molecule has 0 aliphatic heterocycles. The van der Waals surface area contributed by atoms with Gasteiger partial charge >= 0.3 is 0 Å². The molecule has 0 saturated heterocycles. The van der Waals surface area contributed by atoms with Gasteiger partial charge in [-0.15, -0.1) is 0 Å². The van der Waals surface area contributed by atoms with E-state index in [4.69, 9.17) is 9.47 Å². The zero-order chi connectivity index (χ0) is 17.2. The van der Waals surface area contributed by atoms with E-state index in [1.165, 1.54) is 0 Å². The minimum Gasteiger partial charge on any atom is -0.494 e. The Morgan fingerprint density at radius 3 is 2.46 bits per heavy atom. The SMILES string of the molecule is CCCCOc1ccc(C(=O)NCCOc2ccccc2C)cc1. The standard InChI is InChI=1S/C20H25NO3/c1-3-4-14-23-18-11-9-17(10-12-18)20(22)21-13-15-24-19-8-6-5-7-16(19)2/h5-12H,3-4,13-15H2,1-2H3,(H,21,22). The van der Waals surface area contributed by atoms with Crippen LogP contribution in [0, 0.1) is 6.92 Å². The minimum absolute atomic E-state index is 0.108. The average molecular weight is 327 g/mol. The second kappa shape index (κ2) is 9.60. The molecule has 24 heavy (non-hydrogen) atoms. The van der Waals surface area contributed by atoms with Crippen molar-refractivity contribution < 1.29 is 14.3 Å². The molecule has 4 heteroatoms. The van der Waals surface area contributed by atoms with Gasteiger partial charge in [0, 0.05) is 5.56 Å². The van der Waals surface area contributed by atoms with Crippen molar-refractivity contribution in [2.24, 2.45) is 0 Å². The number of benzene rings is 2. The van der Waals surface area contributed by atoms with E-state index in [0.29, 0.717) is 25.3 Å². The number of aryl methyl sites for hydroxylation is 1. The second-order valence-corrected chi connectivity index (χ2v) is 5.60. The highest BCUT2D eigenvalue weighted by Crippen LogP contribution is 2.16. The molecule has 0 aliphatic carbocycles. The smallest absolute Gasteiger partial charge is 0.251 e.